The van der Waals surface area contributed by atoms with Gasteiger partial charge in [-0.1, -0.05) is 24.3 Å². The lowest BCUT2D eigenvalue weighted by molar-refractivity contribution is -0.121. The summed E-state index contributed by atoms with van der Waals surface area (Å²) in [4.78, 5) is 12.8. The molecule has 0 saturated heterocycles. The van der Waals surface area contributed by atoms with E-state index in [1.165, 1.54) is 16.9 Å². The van der Waals surface area contributed by atoms with Gasteiger partial charge in [-0.15, -0.1) is 11.8 Å². The number of nitrogens with one attached hydrogen (secondary N) is 2. The first-order valence-corrected chi connectivity index (χ1v) is 10.3. The Kier molecular flexibility index (Phi) is 7.28. The van der Waals surface area contributed by atoms with Crippen molar-refractivity contribution >= 4 is 27.7 Å². The number of benzene rings is 2. The summed E-state index contributed by atoms with van der Waals surface area (Å²) in [6, 6.07) is 14.4. The molecule has 0 bridgehead atoms. The van der Waals surface area contributed by atoms with Gasteiger partial charge in [0.05, 0.1) is 4.90 Å². The number of halogens is 3. The molecule has 0 unspecified atom stereocenters. The predicted octanol–water partition coefficient (Wildman–Crippen LogP) is 3.05. The standard InChI is InChI=1S/C17H17F3N2O3S2/c18-17(19,20)12-22-27(24,25)15-8-4-5-13(11-15)16(23)21-9-10-26-14-6-2-1-3-7-14/h1-8,11,22H,9-10,12H2,(H,21,23). The summed E-state index contributed by atoms with van der Waals surface area (Å²) in [7, 11) is -4.36. The van der Waals surface area contributed by atoms with Crippen LogP contribution in [0.5, 0.6) is 0 Å². The fraction of sp³-hybridized carbons (Fsp3) is 0.235. The number of carbonyl (C=O) groups excluding carboxylic acids is 1. The van der Waals surface area contributed by atoms with E-state index in [4.69, 9.17) is 0 Å². The number of amides is 1. The number of thioether (sulfide) groups is 1. The van der Waals surface area contributed by atoms with Gasteiger partial charge in [0.2, 0.25) is 10.0 Å². The fourth-order valence-electron chi connectivity index (χ4n) is 2.02. The van der Waals surface area contributed by atoms with Gasteiger partial charge in [0.15, 0.2) is 0 Å². The van der Waals surface area contributed by atoms with Crippen LogP contribution in [0, 0.1) is 0 Å². The second kappa shape index (κ2) is 9.25. The summed E-state index contributed by atoms with van der Waals surface area (Å²) in [5.74, 6) is 0.109. The van der Waals surface area contributed by atoms with Crippen LogP contribution >= 0.6 is 11.8 Å². The van der Waals surface area contributed by atoms with Crippen molar-refractivity contribution in [2.24, 2.45) is 0 Å². The average Bonchev–Trinajstić information content (AvgIpc) is 2.64. The van der Waals surface area contributed by atoms with E-state index >= 15 is 0 Å². The Labute approximate surface area is 159 Å². The highest BCUT2D eigenvalue weighted by atomic mass is 32.2. The summed E-state index contributed by atoms with van der Waals surface area (Å²) in [5.41, 5.74) is 0.0506. The number of rotatable bonds is 8. The van der Waals surface area contributed by atoms with Crippen molar-refractivity contribution in [3.63, 3.8) is 0 Å². The lowest BCUT2D eigenvalue weighted by Gasteiger charge is -2.10. The minimum atomic E-state index is -4.67. The number of hydrogen-bond donors (Lipinski definition) is 2. The normalized spacial score (nSPS) is 12.0. The lowest BCUT2D eigenvalue weighted by Crippen LogP contribution is -2.34. The Morgan fingerprint density at radius 1 is 1.04 bits per heavy atom. The van der Waals surface area contributed by atoms with Crippen LogP contribution in [0.4, 0.5) is 13.2 Å². The molecular weight excluding hydrogens is 401 g/mol. The van der Waals surface area contributed by atoms with Crippen LogP contribution in [0.25, 0.3) is 0 Å². The molecule has 2 rings (SSSR count). The number of sulfonamides is 1. The molecule has 0 spiro atoms. The molecule has 0 radical (unpaired) electrons. The molecular formula is C17H17F3N2O3S2. The van der Waals surface area contributed by atoms with Crippen LogP contribution in [0.2, 0.25) is 0 Å². The lowest BCUT2D eigenvalue weighted by atomic mass is 10.2. The Morgan fingerprint density at radius 2 is 1.74 bits per heavy atom. The van der Waals surface area contributed by atoms with Crippen LogP contribution < -0.4 is 10.0 Å². The number of alkyl halides is 3. The van der Waals surface area contributed by atoms with Gasteiger partial charge in [-0.25, -0.2) is 13.1 Å². The third-order valence-electron chi connectivity index (χ3n) is 3.27. The smallest absolute Gasteiger partial charge is 0.351 e. The number of hydrogen-bond acceptors (Lipinski definition) is 4. The molecule has 5 nitrogen and oxygen atoms in total. The SMILES string of the molecule is O=C(NCCSc1ccccc1)c1cccc(S(=O)(=O)NCC(F)(F)F)c1. The maximum absolute atomic E-state index is 12.2. The molecule has 0 atom stereocenters. The second-order valence-corrected chi connectivity index (χ2v) is 8.32. The van der Waals surface area contributed by atoms with Crippen molar-refractivity contribution in [1.82, 2.24) is 10.0 Å². The van der Waals surface area contributed by atoms with E-state index < -0.39 is 33.5 Å². The van der Waals surface area contributed by atoms with Gasteiger partial charge in [-0.05, 0) is 30.3 Å². The van der Waals surface area contributed by atoms with E-state index in [2.05, 4.69) is 5.32 Å². The van der Waals surface area contributed by atoms with Gasteiger partial charge in [-0.2, -0.15) is 13.2 Å². The van der Waals surface area contributed by atoms with Crippen molar-refractivity contribution < 1.29 is 26.4 Å². The maximum atomic E-state index is 12.2. The molecule has 1 amide bonds. The Balaban J connectivity index is 1.92. The minimum Gasteiger partial charge on any atom is -0.351 e. The van der Waals surface area contributed by atoms with Crippen LogP contribution in [-0.4, -0.2) is 39.3 Å². The molecule has 0 aliphatic carbocycles. The maximum Gasteiger partial charge on any atom is 0.402 e. The van der Waals surface area contributed by atoms with Crippen LogP contribution in [0.3, 0.4) is 0 Å². The van der Waals surface area contributed by atoms with Crippen LogP contribution in [-0.2, 0) is 10.0 Å². The molecule has 0 saturated carbocycles. The van der Waals surface area contributed by atoms with E-state index in [9.17, 15) is 26.4 Å². The Hall–Kier alpha value is -2.04. The van der Waals surface area contributed by atoms with Gasteiger partial charge >= 0.3 is 6.18 Å². The molecule has 2 aromatic carbocycles. The molecule has 0 heterocycles. The van der Waals surface area contributed by atoms with E-state index in [1.807, 2.05) is 30.3 Å². The summed E-state index contributed by atoms with van der Waals surface area (Å²) >= 11 is 1.55. The zero-order valence-electron chi connectivity index (χ0n) is 14.0. The highest BCUT2D eigenvalue weighted by Gasteiger charge is 2.30. The van der Waals surface area contributed by atoms with Gasteiger partial charge < -0.3 is 5.32 Å². The van der Waals surface area contributed by atoms with E-state index in [-0.39, 0.29) is 5.56 Å². The van der Waals surface area contributed by atoms with E-state index in [0.29, 0.717) is 12.3 Å². The molecule has 2 aromatic rings. The minimum absolute atomic E-state index is 0.0506. The Bertz CT molecular complexity index is 872. The summed E-state index contributed by atoms with van der Waals surface area (Å²) in [5, 5.41) is 2.65. The van der Waals surface area contributed by atoms with Gasteiger partial charge in [-0.3, -0.25) is 4.79 Å². The molecule has 2 N–H and O–H groups in total. The van der Waals surface area contributed by atoms with Crippen LogP contribution in [0.1, 0.15) is 10.4 Å². The zero-order valence-corrected chi connectivity index (χ0v) is 15.6. The number of carbonyl (C=O) groups is 1. The summed E-state index contributed by atoms with van der Waals surface area (Å²) < 4.78 is 61.9. The largest absolute Gasteiger partial charge is 0.402 e. The third kappa shape index (κ3) is 7.24. The monoisotopic (exact) mass is 418 g/mol. The third-order valence-corrected chi connectivity index (χ3v) is 5.68. The molecule has 146 valence electrons. The van der Waals surface area contributed by atoms with E-state index in [0.717, 1.165) is 17.0 Å². The first-order chi connectivity index (χ1) is 12.7. The van der Waals surface area contributed by atoms with Crippen molar-refractivity contribution in [3.8, 4) is 0 Å². The molecule has 10 heteroatoms. The average molecular weight is 418 g/mol. The Morgan fingerprint density at radius 3 is 2.41 bits per heavy atom. The van der Waals surface area contributed by atoms with Crippen LogP contribution in [0.15, 0.2) is 64.4 Å². The van der Waals surface area contributed by atoms with Gasteiger partial charge in [0.25, 0.3) is 5.91 Å². The molecule has 0 aliphatic rings. The first kappa shape index (κ1) is 21.3. The van der Waals surface area contributed by atoms with Crippen molar-refractivity contribution in [1.29, 1.82) is 0 Å². The molecule has 27 heavy (non-hydrogen) atoms. The van der Waals surface area contributed by atoms with Crippen molar-refractivity contribution in [2.75, 3.05) is 18.8 Å². The highest BCUT2D eigenvalue weighted by molar-refractivity contribution is 7.99. The summed E-state index contributed by atoms with van der Waals surface area (Å²) in [6.07, 6.45) is -4.67. The first-order valence-electron chi connectivity index (χ1n) is 7.80. The highest BCUT2D eigenvalue weighted by Crippen LogP contribution is 2.17. The second-order valence-electron chi connectivity index (χ2n) is 5.38. The van der Waals surface area contributed by atoms with Crippen molar-refractivity contribution in [3.05, 3.63) is 60.2 Å². The summed E-state index contributed by atoms with van der Waals surface area (Å²) in [6.45, 7) is -1.33. The van der Waals surface area contributed by atoms with Crippen molar-refractivity contribution in [2.45, 2.75) is 16.0 Å². The fourth-order valence-corrected chi connectivity index (χ4v) is 3.87. The molecule has 0 aromatic heterocycles. The molecule has 0 fully saturated rings. The quantitative estimate of drug-likeness (QED) is 0.510. The topological polar surface area (TPSA) is 75.3 Å². The zero-order chi connectivity index (χ0) is 19.9. The molecule has 0 aliphatic heterocycles. The van der Waals surface area contributed by atoms with Gasteiger partial charge in [0, 0.05) is 22.8 Å². The predicted molar refractivity (Wildman–Crippen MR) is 97.2 cm³/mol. The van der Waals surface area contributed by atoms with Gasteiger partial charge in [0.1, 0.15) is 6.54 Å². The van der Waals surface area contributed by atoms with E-state index in [1.54, 1.807) is 11.8 Å².